The van der Waals surface area contributed by atoms with Gasteiger partial charge in [-0.3, -0.25) is 14.9 Å². The molecular formula is C28H38N4O5. The third-order valence-electron chi connectivity index (χ3n) is 6.66. The highest BCUT2D eigenvalue weighted by molar-refractivity contribution is 5.81. The molecule has 1 saturated heterocycles. The monoisotopic (exact) mass is 510 g/mol. The number of nitrogens with zero attached hydrogens (tertiary/aromatic N) is 3. The Morgan fingerprint density at radius 2 is 2.08 bits per heavy atom. The fourth-order valence-corrected chi connectivity index (χ4v) is 4.69. The number of ether oxygens (including phenoxy) is 2. The molecule has 4 rings (SSSR count). The van der Waals surface area contributed by atoms with E-state index in [0.29, 0.717) is 25.3 Å². The molecule has 0 saturated carbocycles. The lowest BCUT2D eigenvalue weighted by molar-refractivity contribution is -0.150. The summed E-state index contributed by atoms with van der Waals surface area (Å²) in [5.41, 5.74) is 4.24. The first-order valence-electron chi connectivity index (χ1n) is 13.0. The number of imidazole rings is 1. The molecule has 0 spiro atoms. The van der Waals surface area contributed by atoms with E-state index in [0.717, 1.165) is 47.4 Å². The highest BCUT2D eigenvalue weighted by Crippen LogP contribution is 2.28. The van der Waals surface area contributed by atoms with Crippen molar-refractivity contribution in [3.63, 3.8) is 0 Å². The number of aliphatic hydroxyl groups excluding tert-OH is 1. The lowest BCUT2D eigenvalue weighted by Gasteiger charge is -2.21. The zero-order valence-electron chi connectivity index (χ0n) is 22.4. The van der Waals surface area contributed by atoms with Crippen molar-refractivity contribution in [1.82, 2.24) is 19.4 Å². The number of aliphatic hydroxyl groups is 1. The summed E-state index contributed by atoms with van der Waals surface area (Å²) in [6, 6.07) is 7.04. The molecule has 1 aromatic carbocycles. The third kappa shape index (κ3) is 6.29. The van der Waals surface area contributed by atoms with Crippen LogP contribution in [-0.4, -0.2) is 56.7 Å². The largest absolute Gasteiger partial charge is 0.464 e. The summed E-state index contributed by atoms with van der Waals surface area (Å²) >= 11 is 0. The van der Waals surface area contributed by atoms with Gasteiger partial charge in [0.2, 0.25) is 0 Å². The lowest BCUT2D eigenvalue weighted by Crippen LogP contribution is -2.45. The van der Waals surface area contributed by atoms with Crippen LogP contribution in [0.25, 0.3) is 22.4 Å². The Hall–Kier alpha value is -3.01. The predicted octanol–water partition coefficient (Wildman–Crippen LogP) is 2.93. The Labute approximate surface area is 217 Å². The van der Waals surface area contributed by atoms with Crippen molar-refractivity contribution in [2.24, 2.45) is 13.0 Å². The van der Waals surface area contributed by atoms with E-state index in [9.17, 15) is 14.7 Å². The van der Waals surface area contributed by atoms with Crippen molar-refractivity contribution in [1.29, 1.82) is 0 Å². The number of hydrogen-bond donors (Lipinski definition) is 2. The summed E-state index contributed by atoms with van der Waals surface area (Å²) in [6.07, 6.45) is 3.05. The van der Waals surface area contributed by atoms with Gasteiger partial charge in [0, 0.05) is 37.5 Å². The van der Waals surface area contributed by atoms with Gasteiger partial charge in [-0.15, -0.1) is 0 Å². The number of hydrogen-bond acceptors (Lipinski definition) is 7. The number of fused-ring (bicyclic) bond motifs is 1. The van der Waals surface area contributed by atoms with Gasteiger partial charge in [-0.05, 0) is 56.4 Å². The predicted molar refractivity (Wildman–Crippen MR) is 142 cm³/mol. The van der Waals surface area contributed by atoms with Gasteiger partial charge in [-0.1, -0.05) is 19.9 Å². The van der Waals surface area contributed by atoms with Gasteiger partial charge in [0.05, 0.1) is 36.4 Å². The minimum Gasteiger partial charge on any atom is -0.464 e. The Morgan fingerprint density at radius 1 is 1.30 bits per heavy atom. The molecular weight excluding hydrogens is 472 g/mol. The Balaban J connectivity index is 1.65. The number of carbonyl (C=O) groups is 1. The van der Waals surface area contributed by atoms with E-state index < -0.39 is 18.1 Å². The molecule has 9 heteroatoms. The fraction of sp³-hybridized carbons (Fsp3) is 0.536. The van der Waals surface area contributed by atoms with E-state index >= 15 is 0 Å². The number of pyridine rings is 1. The molecule has 37 heavy (non-hydrogen) atoms. The number of nitrogens with one attached hydrogen (secondary N) is 1. The number of benzene rings is 1. The molecule has 200 valence electrons. The van der Waals surface area contributed by atoms with Crippen molar-refractivity contribution in [3.8, 4) is 11.4 Å². The standard InChI is InChI=1S/C28H38N4O5/c1-17(2)16-37-28(35)25(19(4)33)29-13-20-8-9-23-24(12-20)32(15-22-7-6-10-36-22)26(30-23)21-11-18(3)27(34)31(5)14-21/h8-9,11-12,14,17,19,22,25,29,33H,6-7,10,13,15-16H2,1-5H3/t19-,22?,25+/m1/s1. The van der Waals surface area contributed by atoms with E-state index in [1.54, 1.807) is 18.5 Å². The van der Waals surface area contributed by atoms with Crippen LogP contribution in [0.3, 0.4) is 0 Å². The van der Waals surface area contributed by atoms with Crippen LogP contribution in [0.2, 0.25) is 0 Å². The van der Waals surface area contributed by atoms with Crippen LogP contribution in [0.4, 0.5) is 0 Å². The first-order valence-corrected chi connectivity index (χ1v) is 13.0. The second-order valence-corrected chi connectivity index (χ2v) is 10.5. The Kier molecular flexibility index (Phi) is 8.46. The number of aryl methyl sites for hydroxylation is 2. The fourth-order valence-electron chi connectivity index (χ4n) is 4.69. The molecule has 0 aliphatic carbocycles. The lowest BCUT2D eigenvalue weighted by atomic mass is 10.1. The summed E-state index contributed by atoms with van der Waals surface area (Å²) in [7, 11) is 1.75. The molecule has 1 aliphatic rings. The normalized spacial score (nSPS) is 17.4. The van der Waals surface area contributed by atoms with Gasteiger partial charge in [0.1, 0.15) is 11.9 Å². The quantitative estimate of drug-likeness (QED) is 0.404. The molecule has 2 N–H and O–H groups in total. The van der Waals surface area contributed by atoms with Crippen LogP contribution in [0, 0.1) is 12.8 Å². The minimum atomic E-state index is -0.895. The van der Waals surface area contributed by atoms with E-state index in [4.69, 9.17) is 14.5 Å². The van der Waals surface area contributed by atoms with Gasteiger partial charge in [-0.2, -0.15) is 0 Å². The van der Waals surface area contributed by atoms with Crippen LogP contribution < -0.4 is 10.9 Å². The first kappa shape index (κ1) is 27.0. The zero-order chi connectivity index (χ0) is 26.7. The van der Waals surface area contributed by atoms with Gasteiger partial charge >= 0.3 is 5.97 Å². The van der Waals surface area contributed by atoms with Crippen LogP contribution in [0.1, 0.15) is 44.7 Å². The second-order valence-electron chi connectivity index (χ2n) is 10.5. The zero-order valence-corrected chi connectivity index (χ0v) is 22.4. The Morgan fingerprint density at radius 3 is 2.73 bits per heavy atom. The van der Waals surface area contributed by atoms with Crippen LogP contribution >= 0.6 is 0 Å². The summed E-state index contributed by atoms with van der Waals surface area (Å²) in [6.45, 7) is 9.43. The molecule has 1 unspecified atom stereocenters. The summed E-state index contributed by atoms with van der Waals surface area (Å²) in [5.74, 6) is 0.545. The van der Waals surface area contributed by atoms with Crippen molar-refractivity contribution in [3.05, 3.63) is 51.9 Å². The summed E-state index contributed by atoms with van der Waals surface area (Å²) in [5, 5.41) is 13.3. The molecule has 3 atom stereocenters. The summed E-state index contributed by atoms with van der Waals surface area (Å²) < 4.78 is 15.0. The van der Waals surface area contributed by atoms with E-state index in [1.165, 1.54) is 0 Å². The van der Waals surface area contributed by atoms with Gasteiger partial charge < -0.3 is 23.7 Å². The second kappa shape index (κ2) is 11.6. The van der Waals surface area contributed by atoms with E-state index in [-0.39, 0.29) is 17.6 Å². The topological polar surface area (TPSA) is 108 Å². The van der Waals surface area contributed by atoms with Crippen molar-refractivity contribution in [2.45, 2.75) is 71.9 Å². The number of esters is 1. The molecule has 1 aliphatic heterocycles. The molecule has 0 amide bonds. The number of rotatable bonds is 10. The van der Waals surface area contributed by atoms with Crippen molar-refractivity contribution < 1.29 is 19.4 Å². The first-order chi connectivity index (χ1) is 17.6. The SMILES string of the molecule is Cc1cc(-c2nc3ccc(CN[C@H](C(=O)OCC(C)C)[C@@H](C)O)cc3n2CC2CCCO2)cn(C)c1=O. The molecule has 3 heterocycles. The van der Waals surface area contributed by atoms with Gasteiger partial charge in [0.15, 0.2) is 0 Å². The molecule has 0 bridgehead atoms. The maximum absolute atomic E-state index is 12.5. The molecule has 3 aromatic rings. The van der Waals surface area contributed by atoms with Gasteiger partial charge in [-0.25, -0.2) is 4.98 Å². The highest BCUT2D eigenvalue weighted by Gasteiger charge is 2.26. The van der Waals surface area contributed by atoms with Crippen LogP contribution in [0.15, 0.2) is 35.3 Å². The molecule has 9 nitrogen and oxygen atoms in total. The highest BCUT2D eigenvalue weighted by atomic mass is 16.5. The molecule has 1 fully saturated rings. The minimum absolute atomic E-state index is 0.0292. The third-order valence-corrected chi connectivity index (χ3v) is 6.66. The molecule has 0 radical (unpaired) electrons. The number of carbonyl (C=O) groups excluding carboxylic acids is 1. The average molecular weight is 511 g/mol. The smallest absolute Gasteiger partial charge is 0.325 e. The summed E-state index contributed by atoms with van der Waals surface area (Å²) in [4.78, 5) is 29.7. The Bertz CT molecular complexity index is 1280. The van der Waals surface area contributed by atoms with Crippen molar-refractivity contribution >= 4 is 17.0 Å². The molecule has 2 aromatic heterocycles. The average Bonchev–Trinajstić information content (AvgIpc) is 3.49. The van der Waals surface area contributed by atoms with Gasteiger partial charge in [0.25, 0.3) is 5.56 Å². The van der Waals surface area contributed by atoms with Crippen LogP contribution in [-0.2, 0) is 34.4 Å². The maximum Gasteiger partial charge on any atom is 0.325 e. The number of aromatic nitrogens is 3. The maximum atomic E-state index is 12.5. The van der Waals surface area contributed by atoms with Crippen LogP contribution in [0.5, 0.6) is 0 Å². The van der Waals surface area contributed by atoms with E-state index in [1.807, 2.05) is 45.2 Å². The van der Waals surface area contributed by atoms with E-state index in [2.05, 4.69) is 16.0 Å². The van der Waals surface area contributed by atoms with Crippen molar-refractivity contribution in [2.75, 3.05) is 13.2 Å².